The van der Waals surface area contributed by atoms with Crippen LogP contribution in [0.25, 0.3) is 0 Å². The third-order valence-corrected chi connectivity index (χ3v) is 4.15. The van der Waals surface area contributed by atoms with E-state index in [-0.39, 0.29) is 6.42 Å². The normalized spacial score (nSPS) is 16.6. The van der Waals surface area contributed by atoms with Crippen LogP contribution in [0.2, 0.25) is 0 Å². The predicted molar refractivity (Wildman–Crippen MR) is 84.9 cm³/mol. The summed E-state index contributed by atoms with van der Waals surface area (Å²) in [6.45, 7) is 2.87. The second-order valence-electron chi connectivity index (χ2n) is 5.87. The maximum Gasteiger partial charge on any atom is 0.304 e. The molecule has 0 radical (unpaired) electrons. The van der Waals surface area contributed by atoms with Gasteiger partial charge in [0.1, 0.15) is 6.10 Å². The molecule has 122 valence electrons. The first-order chi connectivity index (χ1) is 11.1. The minimum absolute atomic E-state index is 0.146. The van der Waals surface area contributed by atoms with Crippen LogP contribution < -0.4 is 0 Å². The molecule has 2 N–H and O–H groups in total. The van der Waals surface area contributed by atoms with Crippen LogP contribution in [0.3, 0.4) is 0 Å². The third-order valence-electron chi connectivity index (χ3n) is 4.15. The van der Waals surface area contributed by atoms with E-state index in [2.05, 4.69) is 10.00 Å². The minimum Gasteiger partial charge on any atom is -0.481 e. The summed E-state index contributed by atoms with van der Waals surface area (Å²) in [5.41, 5.74) is 2.49. The van der Waals surface area contributed by atoms with Gasteiger partial charge in [-0.1, -0.05) is 30.3 Å². The second-order valence-corrected chi connectivity index (χ2v) is 5.87. The first kappa shape index (κ1) is 15.7. The van der Waals surface area contributed by atoms with Crippen LogP contribution in [-0.4, -0.2) is 44.0 Å². The smallest absolute Gasteiger partial charge is 0.304 e. The second kappa shape index (κ2) is 6.93. The highest BCUT2D eigenvalue weighted by Crippen LogP contribution is 2.23. The molecule has 1 atom stereocenters. The summed E-state index contributed by atoms with van der Waals surface area (Å²) in [5, 5.41) is 23.9. The Morgan fingerprint density at radius 1 is 1.26 bits per heavy atom. The van der Waals surface area contributed by atoms with Crippen molar-refractivity contribution < 1.29 is 15.0 Å². The summed E-state index contributed by atoms with van der Waals surface area (Å²) in [6.07, 6.45) is 0.339. The molecule has 0 spiro atoms. The summed E-state index contributed by atoms with van der Waals surface area (Å²) < 4.78 is 1.93. The number of rotatable bonds is 5. The number of aryl methyl sites for hydroxylation is 1. The number of carboxylic acids is 1. The summed E-state index contributed by atoms with van der Waals surface area (Å²) in [5.74, 6) is -0.775. The van der Waals surface area contributed by atoms with Crippen LogP contribution >= 0.6 is 0 Å². The molecule has 2 heterocycles. The number of carboxylic acid groups (broad SMARTS) is 1. The Morgan fingerprint density at radius 2 is 2.04 bits per heavy atom. The zero-order valence-corrected chi connectivity index (χ0v) is 12.9. The Morgan fingerprint density at radius 3 is 2.78 bits per heavy atom. The molecule has 23 heavy (non-hydrogen) atoms. The van der Waals surface area contributed by atoms with Gasteiger partial charge in [-0.25, -0.2) is 0 Å². The zero-order valence-electron chi connectivity index (χ0n) is 12.9. The largest absolute Gasteiger partial charge is 0.481 e. The Balaban J connectivity index is 1.75. The minimum atomic E-state index is -0.775. The molecule has 0 bridgehead atoms. The van der Waals surface area contributed by atoms with E-state index in [9.17, 15) is 9.90 Å². The summed E-state index contributed by atoms with van der Waals surface area (Å²) in [4.78, 5) is 12.9. The first-order valence-electron chi connectivity index (χ1n) is 7.87. The van der Waals surface area contributed by atoms with Crippen molar-refractivity contribution in [3.63, 3.8) is 0 Å². The molecule has 0 fully saturated rings. The highest BCUT2D eigenvalue weighted by atomic mass is 16.4. The lowest BCUT2D eigenvalue weighted by molar-refractivity contribution is -0.137. The van der Waals surface area contributed by atoms with E-state index in [0.717, 1.165) is 30.8 Å². The van der Waals surface area contributed by atoms with E-state index < -0.39 is 12.1 Å². The maximum absolute atomic E-state index is 10.7. The highest BCUT2D eigenvalue weighted by molar-refractivity contribution is 5.66. The summed E-state index contributed by atoms with van der Waals surface area (Å²) >= 11 is 0. The van der Waals surface area contributed by atoms with Crippen molar-refractivity contribution in [1.29, 1.82) is 0 Å². The van der Waals surface area contributed by atoms with Crippen LogP contribution in [0.1, 0.15) is 35.9 Å². The topological polar surface area (TPSA) is 78.6 Å². The third kappa shape index (κ3) is 3.78. The molecule has 1 aliphatic heterocycles. The van der Waals surface area contributed by atoms with Crippen LogP contribution in [0.15, 0.2) is 36.4 Å². The average molecular weight is 315 g/mol. The highest BCUT2D eigenvalue weighted by Gasteiger charge is 2.20. The molecular weight excluding hydrogens is 294 g/mol. The van der Waals surface area contributed by atoms with Crippen LogP contribution in [0.5, 0.6) is 0 Å². The van der Waals surface area contributed by atoms with Crippen LogP contribution in [0, 0.1) is 0 Å². The fourth-order valence-corrected chi connectivity index (χ4v) is 2.94. The van der Waals surface area contributed by atoms with Gasteiger partial charge in [-0.15, -0.1) is 0 Å². The van der Waals surface area contributed by atoms with Gasteiger partial charge in [0.2, 0.25) is 0 Å². The van der Waals surface area contributed by atoms with Gasteiger partial charge in [0.05, 0.1) is 17.8 Å². The van der Waals surface area contributed by atoms with Gasteiger partial charge in [0, 0.05) is 26.2 Å². The van der Waals surface area contributed by atoms with Crippen molar-refractivity contribution in [2.24, 2.45) is 0 Å². The Bertz CT molecular complexity index is 669. The van der Waals surface area contributed by atoms with Crippen molar-refractivity contribution >= 4 is 5.97 Å². The number of carbonyl (C=O) groups is 1. The number of fused-ring (bicyclic) bond motifs is 1. The lowest BCUT2D eigenvalue weighted by Gasteiger charge is -2.17. The van der Waals surface area contributed by atoms with E-state index in [1.165, 1.54) is 0 Å². The lowest BCUT2D eigenvalue weighted by Crippen LogP contribution is -2.26. The monoisotopic (exact) mass is 315 g/mol. The van der Waals surface area contributed by atoms with Crippen LogP contribution in [-0.2, 0) is 17.9 Å². The quantitative estimate of drug-likeness (QED) is 0.877. The average Bonchev–Trinajstić information content (AvgIpc) is 2.85. The molecule has 6 nitrogen and oxygen atoms in total. The number of aliphatic carboxylic acids is 1. The molecule has 3 rings (SSSR count). The first-order valence-corrected chi connectivity index (χ1v) is 7.87. The van der Waals surface area contributed by atoms with E-state index in [1.807, 2.05) is 41.1 Å². The van der Waals surface area contributed by atoms with E-state index >= 15 is 0 Å². The number of hydrogen-bond donors (Lipinski definition) is 2. The lowest BCUT2D eigenvalue weighted by atomic mass is 10.1. The van der Waals surface area contributed by atoms with Crippen molar-refractivity contribution in [1.82, 2.24) is 14.7 Å². The molecule has 1 aliphatic rings. The molecular formula is C17H21N3O3. The number of aromatic nitrogens is 2. The van der Waals surface area contributed by atoms with Gasteiger partial charge in [-0.05, 0) is 18.1 Å². The van der Waals surface area contributed by atoms with Gasteiger partial charge >= 0.3 is 5.97 Å². The van der Waals surface area contributed by atoms with E-state index in [1.54, 1.807) is 0 Å². The van der Waals surface area contributed by atoms with Gasteiger partial charge in [0.15, 0.2) is 0 Å². The zero-order chi connectivity index (χ0) is 16.2. The fraction of sp³-hybridized carbons (Fsp3) is 0.412. The number of aliphatic hydroxyl groups excluding tert-OH is 1. The predicted octanol–water partition coefficient (Wildman–Crippen LogP) is 1.65. The maximum atomic E-state index is 10.7. The van der Waals surface area contributed by atoms with Crippen molar-refractivity contribution in [2.45, 2.75) is 32.0 Å². The molecule has 0 saturated heterocycles. The number of aliphatic hydroxyl groups is 1. The van der Waals surface area contributed by atoms with Gasteiger partial charge < -0.3 is 10.2 Å². The summed E-state index contributed by atoms with van der Waals surface area (Å²) in [6, 6.07) is 11.4. The summed E-state index contributed by atoms with van der Waals surface area (Å²) in [7, 11) is 0. The standard InChI is InChI=1S/C17H21N3O3/c21-16(22)7-10-19-8-4-9-20-14(12-19)11-15(18-20)17(23)13-5-2-1-3-6-13/h1-3,5-6,11,17,23H,4,7-10,12H2,(H,21,22)/t17-/m0/s1. The molecule has 0 aliphatic carbocycles. The van der Waals surface area contributed by atoms with Gasteiger partial charge in [-0.3, -0.25) is 14.4 Å². The molecule has 2 aromatic rings. The molecule has 1 aromatic heterocycles. The number of hydrogen-bond acceptors (Lipinski definition) is 4. The van der Waals surface area contributed by atoms with E-state index in [4.69, 9.17) is 5.11 Å². The number of benzene rings is 1. The van der Waals surface area contributed by atoms with Crippen molar-refractivity contribution in [2.75, 3.05) is 13.1 Å². The molecule has 6 heteroatoms. The molecule has 1 aromatic carbocycles. The van der Waals surface area contributed by atoms with Gasteiger partial charge in [0.25, 0.3) is 0 Å². The van der Waals surface area contributed by atoms with Gasteiger partial charge in [-0.2, -0.15) is 5.10 Å². The SMILES string of the molecule is O=C(O)CCN1CCCn2nc([C@@H](O)c3ccccc3)cc2C1. The Labute approximate surface area is 135 Å². The van der Waals surface area contributed by atoms with Crippen molar-refractivity contribution in [3.8, 4) is 0 Å². The Hall–Kier alpha value is -2.18. The fourth-order valence-electron chi connectivity index (χ4n) is 2.94. The van der Waals surface area contributed by atoms with Crippen LogP contribution in [0.4, 0.5) is 0 Å². The van der Waals surface area contributed by atoms with E-state index in [0.29, 0.717) is 18.8 Å². The number of nitrogens with zero attached hydrogens (tertiary/aromatic N) is 3. The molecule has 0 unspecified atom stereocenters. The molecule has 0 saturated carbocycles. The molecule has 0 amide bonds. The van der Waals surface area contributed by atoms with Crippen molar-refractivity contribution in [3.05, 3.63) is 53.3 Å². The Kier molecular flexibility index (Phi) is 4.73.